The maximum absolute atomic E-state index is 13.3. The lowest BCUT2D eigenvalue weighted by molar-refractivity contribution is -0.117. The lowest BCUT2D eigenvalue weighted by atomic mass is 10.1. The summed E-state index contributed by atoms with van der Waals surface area (Å²) in [5.41, 5.74) is 5.32. The van der Waals surface area contributed by atoms with Crippen LogP contribution in [0.4, 0.5) is 5.95 Å². The van der Waals surface area contributed by atoms with Crippen LogP contribution in [-0.4, -0.2) is 39.4 Å². The molecule has 0 fully saturated rings. The van der Waals surface area contributed by atoms with Gasteiger partial charge in [0.1, 0.15) is 6.54 Å². The topological polar surface area (TPSA) is 67.2 Å². The maximum atomic E-state index is 13.3. The average Bonchev–Trinajstić information content (AvgIpc) is 3.29. The van der Waals surface area contributed by atoms with Gasteiger partial charge in [-0.25, -0.2) is 4.98 Å². The van der Waals surface area contributed by atoms with Gasteiger partial charge in [-0.1, -0.05) is 61.8 Å². The van der Waals surface area contributed by atoms with Crippen molar-refractivity contribution in [2.75, 3.05) is 18.4 Å². The minimum Gasteiger partial charge on any atom is -0.329 e. The van der Waals surface area contributed by atoms with Crippen molar-refractivity contribution >= 4 is 29.4 Å². The minimum atomic E-state index is -0.316. The van der Waals surface area contributed by atoms with Gasteiger partial charge in [0, 0.05) is 34.6 Å². The predicted molar refractivity (Wildman–Crippen MR) is 149 cm³/mol. The molecule has 1 N–H and O–H groups in total. The number of aromatic nitrogens is 2. The molecule has 7 heteroatoms. The largest absolute Gasteiger partial charge is 0.329 e. The van der Waals surface area contributed by atoms with Crippen molar-refractivity contribution in [2.24, 2.45) is 5.92 Å². The second-order valence-corrected chi connectivity index (χ2v) is 10.0. The van der Waals surface area contributed by atoms with Crippen LogP contribution in [0.5, 0.6) is 0 Å². The van der Waals surface area contributed by atoms with Crippen LogP contribution in [0.15, 0.2) is 79.0 Å². The Morgan fingerprint density at radius 2 is 1.68 bits per heavy atom. The zero-order valence-electron chi connectivity index (χ0n) is 21.5. The van der Waals surface area contributed by atoms with Gasteiger partial charge in [-0.05, 0) is 67.3 Å². The molecule has 0 bridgehead atoms. The molecule has 37 heavy (non-hydrogen) atoms. The normalized spacial score (nSPS) is 11.0. The predicted octanol–water partition coefficient (Wildman–Crippen LogP) is 6.55. The number of anilines is 1. The van der Waals surface area contributed by atoms with E-state index in [0.717, 1.165) is 16.8 Å². The molecule has 1 heterocycles. The first-order valence-corrected chi connectivity index (χ1v) is 12.7. The lowest BCUT2D eigenvalue weighted by Gasteiger charge is -2.24. The Morgan fingerprint density at radius 1 is 0.973 bits per heavy atom. The molecule has 0 spiro atoms. The molecule has 0 saturated carbocycles. The second-order valence-electron chi connectivity index (χ2n) is 9.59. The fraction of sp³-hybridized carbons (Fsp3) is 0.233. The number of nitrogens with zero attached hydrogens (tertiary/aromatic N) is 3. The summed E-state index contributed by atoms with van der Waals surface area (Å²) in [5.74, 6) is 0.0939. The Morgan fingerprint density at radius 3 is 2.32 bits per heavy atom. The summed E-state index contributed by atoms with van der Waals surface area (Å²) in [5, 5.41) is 3.59. The highest BCUT2D eigenvalue weighted by Gasteiger charge is 2.21. The van der Waals surface area contributed by atoms with Crippen molar-refractivity contribution in [3.8, 4) is 16.9 Å². The monoisotopic (exact) mass is 514 g/mol. The summed E-state index contributed by atoms with van der Waals surface area (Å²) in [4.78, 5) is 32.7. The SMILES string of the molecule is Cc1ccc(-n2cc(-c3ccc(Cl)cc3)nc2NC(=O)CN(CC(C)C)C(=O)c2ccccc2)cc1C. The highest BCUT2D eigenvalue weighted by Crippen LogP contribution is 2.26. The Kier molecular flexibility index (Phi) is 8.09. The fourth-order valence-electron chi connectivity index (χ4n) is 4.06. The van der Waals surface area contributed by atoms with Crippen LogP contribution < -0.4 is 5.32 Å². The van der Waals surface area contributed by atoms with Gasteiger partial charge in [0.15, 0.2) is 0 Å². The van der Waals surface area contributed by atoms with Gasteiger partial charge < -0.3 is 4.90 Å². The van der Waals surface area contributed by atoms with Crippen molar-refractivity contribution in [1.82, 2.24) is 14.5 Å². The molecule has 0 aliphatic heterocycles. The zero-order valence-corrected chi connectivity index (χ0v) is 22.3. The van der Waals surface area contributed by atoms with Crippen molar-refractivity contribution in [2.45, 2.75) is 27.7 Å². The number of imidazole rings is 1. The van der Waals surface area contributed by atoms with E-state index < -0.39 is 0 Å². The Labute approximate surface area is 222 Å². The molecule has 4 aromatic rings. The zero-order chi connectivity index (χ0) is 26.5. The third-order valence-electron chi connectivity index (χ3n) is 6.09. The van der Waals surface area contributed by atoms with Crippen molar-refractivity contribution in [3.63, 3.8) is 0 Å². The third kappa shape index (κ3) is 6.46. The van der Waals surface area contributed by atoms with E-state index in [4.69, 9.17) is 16.6 Å². The number of hydrogen-bond donors (Lipinski definition) is 1. The first-order valence-electron chi connectivity index (χ1n) is 12.3. The average molecular weight is 515 g/mol. The second kappa shape index (κ2) is 11.4. The van der Waals surface area contributed by atoms with E-state index in [9.17, 15) is 9.59 Å². The molecule has 4 rings (SSSR count). The van der Waals surface area contributed by atoms with E-state index >= 15 is 0 Å². The molecule has 0 atom stereocenters. The molecule has 2 amide bonds. The van der Waals surface area contributed by atoms with Crippen LogP contribution in [0, 0.1) is 19.8 Å². The number of carbonyl (C=O) groups is 2. The van der Waals surface area contributed by atoms with Gasteiger partial charge in [0.05, 0.1) is 5.69 Å². The lowest BCUT2D eigenvalue weighted by Crippen LogP contribution is -2.40. The van der Waals surface area contributed by atoms with Crippen LogP contribution in [0.2, 0.25) is 5.02 Å². The van der Waals surface area contributed by atoms with Crippen LogP contribution in [-0.2, 0) is 4.79 Å². The molecule has 190 valence electrons. The number of halogens is 1. The summed E-state index contributed by atoms with van der Waals surface area (Å²) in [6.45, 7) is 8.53. The molecular formula is C30H31ClN4O2. The standard InChI is InChI=1S/C30H31ClN4O2/c1-20(2)17-34(29(37)24-8-6-5-7-9-24)19-28(36)33-30-32-27(23-11-13-25(31)14-12-23)18-35(30)26-15-10-21(3)22(4)16-26/h5-16,18,20H,17,19H2,1-4H3,(H,32,33,36). The number of benzene rings is 3. The number of nitrogens with one attached hydrogen (secondary N) is 1. The van der Waals surface area contributed by atoms with E-state index in [-0.39, 0.29) is 24.3 Å². The van der Waals surface area contributed by atoms with Crippen LogP contribution in [0.25, 0.3) is 16.9 Å². The van der Waals surface area contributed by atoms with E-state index in [1.54, 1.807) is 17.0 Å². The highest BCUT2D eigenvalue weighted by atomic mass is 35.5. The number of rotatable bonds is 8. The number of carbonyl (C=O) groups excluding carboxylic acids is 2. The van der Waals surface area contributed by atoms with Crippen molar-refractivity contribution < 1.29 is 9.59 Å². The van der Waals surface area contributed by atoms with Gasteiger partial charge in [0.25, 0.3) is 5.91 Å². The first kappa shape index (κ1) is 26.2. The van der Waals surface area contributed by atoms with Gasteiger partial charge in [-0.3, -0.25) is 19.5 Å². The van der Waals surface area contributed by atoms with Gasteiger partial charge in [-0.15, -0.1) is 0 Å². The first-order chi connectivity index (χ1) is 17.7. The fourth-order valence-corrected chi connectivity index (χ4v) is 4.19. The number of amides is 2. The van der Waals surface area contributed by atoms with E-state index in [0.29, 0.717) is 28.8 Å². The Bertz CT molecular complexity index is 1400. The quantitative estimate of drug-likeness (QED) is 0.290. The van der Waals surface area contributed by atoms with E-state index in [1.807, 2.05) is 86.1 Å². The van der Waals surface area contributed by atoms with Crippen LogP contribution in [0.1, 0.15) is 35.3 Å². The molecule has 0 radical (unpaired) electrons. The van der Waals surface area contributed by atoms with Crippen molar-refractivity contribution in [1.29, 1.82) is 0 Å². The summed E-state index contributed by atoms with van der Waals surface area (Å²) >= 11 is 6.07. The summed E-state index contributed by atoms with van der Waals surface area (Å²) in [6, 6.07) is 22.5. The third-order valence-corrected chi connectivity index (χ3v) is 6.35. The van der Waals surface area contributed by atoms with Gasteiger partial charge in [-0.2, -0.15) is 0 Å². The molecule has 0 aliphatic rings. The summed E-state index contributed by atoms with van der Waals surface area (Å²) in [6.07, 6.45) is 1.89. The molecule has 0 saturated heterocycles. The summed E-state index contributed by atoms with van der Waals surface area (Å²) in [7, 11) is 0. The van der Waals surface area contributed by atoms with Gasteiger partial charge in [0.2, 0.25) is 11.9 Å². The van der Waals surface area contributed by atoms with E-state index in [1.165, 1.54) is 5.56 Å². The molecule has 3 aromatic carbocycles. The van der Waals surface area contributed by atoms with Crippen LogP contribution in [0.3, 0.4) is 0 Å². The smallest absolute Gasteiger partial charge is 0.254 e. The molecule has 0 aliphatic carbocycles. The highest BCUT2D eigenvalue weighted by molar-refractivity contribution is 6.30. The molecular weight excluding hydrogens is 484 g/mol. The van der Waals surface area contributed by atoms with E-state index in [2.05, 4.69) is 18.3 Å². The summed E-state index contributed by atoms with van der Waals surface area (Å²) < 4.78 is 1.86. The van der Waals surface area contributed by atoms with Crippen LogP contribution >= 0.6 is 11.6 Å². The number of aryl methyl sites for hydroxylation is 2. The van der Waals surface area contributed by atoms with Gasteiger partial charge >= 0.3 is 0 Å². The Hall–Kier alpha value is -3.90. The molecule has 1 aromatic heterocycles. The Balaban J connectivity index is 1.64. The van der Waals surface area contributed by atoms with Crippen molar-refractivity contribution in [3.05, 3.63) is 101 Å². The minimum absolute atomic E-state index is 0.0814. The molecule has 0 unspecified atom stereocenters. The number of hydrogen-bond acceptors (Lipinski definition) is 3. The molecule has 6 nitrogen and oxygen atoms in total. The maximum Gasteiger partial charge on any atom is 0.254 e.